The normalized spacial score (nSPS) is 15.6. The second-order valence-electron chi connectivity index (χ2n) is 5.57. The van der Waals surface area contributed by atoms with Crippen molar-refractivity contribution in [3.05, 3.63) is 53.9 Å². The van der Waals surface area contributed by atoms with E-state index in [1.54, 1.807) is 0 Å². The molecule has 3 nitrogen and oxygen atoms in total. The first-order valence-electron chi connectivity index (χ1n) is 7.54. The van der Waals surface area contributed by atoms with E-state index in [9.17, 15) is 13.2 Å². The zero-order valence-electron chi connectivity index (χ0n) is 12.8. The number of benzene rings is 1. The molecule has 0 spiro atoms. The Balaban J connectivity index is 0.00000208. The number of nitrogens with one attached hydrogen (secondary N) is 1. The predicted molar refractivity (Wildman–Crippen MR) is 87.8 cm³/mol. The Kier molecular flexibility index (Phi) is 6.07. The summed E-state index contributed by atoms with van der Waals surface area (Å²) in [5.74, 6) is 1.43. The number of alkyl halides is 3. The summed E-state index contributed by atoms with van der Waals surface area (Å²) in [6.07, 6.45) is -1.12. The quantitative estimate of drug-likeness (QED) is 0.857. The predicted octanol–water partition coefficient (Wildman–Crippen LogP) is 4.78. The number of hydrogen-bond donors (Lipinski definition) is 1. The van der Waals surface area contributed by atoms with Gasteiger partial charge in [0.1, 0.15) is 17.2 Å². The molecule has 1 aromatic carbocycles. The largest absolute Gasteiger partial charge is 0.456 e. The summed E-state index contributed by atoms with van der Waals surface area (Å²) in [6.45, 7) is 2.06. The van der Waals surface area contributed by atoms with Crippen molar-refractivity contribution in [3.63, 3.8) is 0 Å². The highest BCUT2D eigenvalue weighted by molar-refractivity contribution is 5.85. The first kappa shape index (κ1) is 18.5. The fourth-order valence-electron chi connectivity index (χ4n) is 2.71. The summed E-state index contributed by atoms with van der Waals surface area (Å²) in [4.78, 5) is 3.38. The fourth-order valence-corrected chi connectivity index (χ4v) is 2.71. The van der Waals surface area contributed by atoms with Gasteiger partial charge >= 0.3 is 6.18 Å². The second-order valence-corrected chi connectivity index (χ2v) is 5.57. The number of rotatable bonds is 3. The third kappa shape index (κ3) is 4.61. The number of piperidine rings is 1. The van der Waals surface area contributed by atoms with Crippen LogP contribution < -0.4 is 10.1 Å². The Morgan fingerprint density at radius 1 is 0.958 bits per heavy atom. The van der Waals surface area contributed by atoms with Crippen LogP contribution in [0.4, 0.5) is 13.2 Å². The molecule has 0 amide bonds. The standard InChI is InChI=1S/C17H17F3N2O.ClH/c18-17(19,20)16-6-5-15(11-22-16)23-14-3-1-12(2-4-14)13-7-9-21-10-8-13;/h1-6,11,13,21H,7-10H2;1H. The van der Waals surface area contributed by atoms with Gasteiger partial charge in [-0.1, -0.05) is 12.1 Å². The number of pyridine rings is 1. The Morgan fingerprint density at radius 3 is 2.12 bits per heavy atom. The smallest absolute Gasteiger partial charge is 0.433 e. The van der Waals surface area contributed by atoms with E-state index in [-0.39, 0.29) is 18.2 Å². The van der Waals surface area contributed by atoms with Crippen molar-refractivity contribution >= 4 is 12.4 Å². The van der Waals surface area contributed by atoms with Crippen LogP contribution in [-0.4, -0.2) is 18.1 Å². The highest BCUT2D eigenvalue weighted by Crippen LogP contribution is 2.30. The molecule has 0 radical (unpaired) electrons. The summed E-state index contributed by atoms with van der Waals surface area (Å²) in [5, 5.41) is 3.33. The van der Waals surface area contributed by atoms with E-state index in [1.807, 2.05) is 24.3 Å². The average Bonchev–Trinajstić information content (AvgIpc) is 2.56. The van der Waals surface area contributed by atoms with Crippen LogP contribution in [0.15, 0.2) is 42.6 Å². The Bertz CT molecular complexity index is 638. The highest BCUT2D eigenvalue weighted by Gasteiger charge is 2.32. The van der Waals surface area contributed by atoms with Crippen LogP contribution in [-0.2, 0) is 6.18 Å². The van der Waals surface area contributed by atoms with Gasteiger partial charge in [-0.3, -0.25) is 0 Å². The SMILES string of the molecule is Cl.FC(F)(F)c1ccc(Oc2ccc(C3CCNCC3)cc2)cn1. The lowest BCUT2D eigenvalue weighted by Crippen LogP contribution is -2.26. The molecule has 130 valence electrons. The van der Waals surface area contributed by atoms with Gasteiger partial charge in [-0.2, -0.15) is 13.2 Å². The van der Waals surface area contributed by atoms with Gasteiger partial charge in [0.05, 0.1) is 6.20 Å². The van der Waals surface area contributed by atoms with Crippen molar-refractivity contribution in [2.45, 2.75) is 24.9 Å². The van der Waals surface area contributed by atoms with Gasteiger partial charge in [0, 0.05) is 0 Å². The molecule has 2 aromatic rings. The molecule has 1 aliphatic heterocycles. The van der Waals surface area contributed by atoms with Gasteiger partial charge < -0.3 is 10.1 Å². The van der Waals surface area contributed by atoms with E-state index in [0.717, 1.165) is 38.2 Å². The molecule has 0 bridgehead atoms. The van der Waals surface area contributed by atoms with Crippen molar-refractivity contribution in [1.82, 2.24) is 10.3 Å². The van der Waals surface area contributed by atoms with Crippen LogP contribution in [0.1, 0.15) is 30.0 Å². The topological polar surface area (TPSA) is 34.1 Å². The molecule has 1 N–H and O–H groups in total. The molecular weight excluding hydrogens is 341 g/mol. The molecule has 0 unspecified atom stereocenters. The number of halogens is 4. The highest BCUT2D eigenvalue weighted by atomic mass is 35.5. The number of ether oxygens (including phenoxy) is 1. The van der Waals surface area contributed by atoms with Crippen molar-refractivity contribution in [1.29, 1.82) is 0 Å². The zero-order valence-corrected chi connectivity index (χ0v) is 13.7. The van der Waals surface area contributed by atoms with Gasteiger partial charge in [-0.15, -0.1) is 12.4 Å². The van der Waals surface area contributed by atoms with Crippen LogP contribution in [0.3, 0.4) is 0 Å². The minimum Gasteiger partial charge on any atom is -0.456 e. The second kappa shape index (κ2) is 7.85. The van der Waals surface area contributed by atoms with Crippen molar-refractivity contribution in [2.75, 3.05) is 13.1 Å². The summed E-state index contributed by atoms with van der Waals surface area (Å²) in [5.41, 5.74) is 0.343. The molecule has 2 heterocycles. The first-order valence-corrected chi connectivity index (χ1v) is 7.54. The molecule has 0 atom stereocenters. The number of hydrogen-bond acceptors (Lipinski definition) is 3. The Hall–Kier alpha value is -1.79. The molecule has 1 aliphatic rings. The average molecular weight is 359 g/mol. The molecule has 7 heteroatoms. The minimum absolute atomic E-state index is 0. The van der Waals surface area contributed by atoms with Crippen molar-refractivity contribution < 1.29 is 17.9 Å². The van der Waals surface area contributed by atoms with Crippen LogP contribution in [0.2, 0.25) is 0 Å². The third-order valence-corrected chi connectivity index (χ3v) is 3.95. The summed E-state index contributed by atoms with van der Waals surface area (Å²) in [6, 6.07) is 9.91. The van der Waals surface area contributed by atoms with E-state index in [2.05, 4.69) is 10.3 Å². The lowest BCUT2D eigenvalue weighted by atomic mass is 9.90. The molecule has 1 saturated heterocycles. The molecule has 0 aliphatic carbocycles. The van der Waals surface area contributed by atoms with Crippen LogP contribution in [0.5, 0.6) is 11.5 Å². The lowest BCUT2D eigenvalue weighted by Gasteiger charge is -2.23. The summed E-state index contributed by atoms with van der Waals surface area (Å²) in [7, 11) is 0. The van der Waals surface area contributed by atoms with Crippen molar-refractivity contribution in [3.8, 4) is 11.5 Å². The molecule has 1 aromatic heterocycles. The van der Waals surface area contributed by atoms with Crippen LogP contribution >= 0.6 is 12.4 Å². The maximum atomic E-state index is 12.5. The molecule has 0 saturated carbocycles. The minimum atomic E-state index is -4.44. The lowest BCUT2D eigenvalue weighted by molar-refractivity contribution is -0.141. The monoisotopic (exact) mass is 358 g/mol. The van der Waals surface area contributed by atoms with E-state index < -0.39 is 11.9 Å². The maximum Gasteiger partial charge on any atom is 0.433 e. The number of aromatic nitrogens is 1. The summed E-state index contributed by atoms with van der Waals surface area (Å²) < 4.78 is 42.9. The van der Waals surface area contributed by atoms with E-state index in [1.165, 1.54) is 11.6 Å². The van der Waals surface area contributed by atoms with Gasteiger partial charge in [0.15, 0.2) is 0 Å². The molecule has 3 rings (SSSR count). The van der Waals surface area contributed by atoms with Gasteiger partial charge in [0.2, 0.25) is 0 Å². The van der Waals surface area contributed by atoms with E-state index >= 15 is 0 Å². The van der Waals surface area contributed by atoms with Crippen molar-refractivity contribution in [2.24, 2.45) is 0 Å². The Labute approximate surface area is 144 Å². The van der Waals surface area contributed by atoms with E-state index in [0.29, 0.717) is 11.7 Å². The molecular formula is C17H18ClF3N2O. The number of nitrogens with zero attached hydrogens (tertiary/aromatic N) is 1. The van der Waals surface area contributed by atoms with E-state index in [4.69, 9.17) is 4.74 Å². The van der Waals surface area contributed by atoms with Gasteiger partial charge in [-0.05, 0) is 61.7 Å². The first-order chi connectivity index (χ1) is 11.0. The van der Waals surface area contributed by atoms with Crippen LogP contribution in [0.25, 0.3) is 0 Å². The maximum absolute atomic E-state index is 12.5. The third-order valence-electron chi connectivity index (χ3n) is 3.95. The Morgan fingerprint density at radius 2 is 1.58 bits per heavy atom. The summed E-state index contributed by atoms with van der Waals surface area (Å²) >= 11 is 0. The molecule has 24 heavy (non-hydrogen) atoms. The zero-order chi connectivity index (χ0) is 16.3. The van der Waals surface area contributed by atoms with Crippen LogP contribution in [0, 0.1) is 0 Å². The van der Waals surface area contributed by atoms with Gasteiger partial charge in [-0.25, -0.2) is 4.98 Å². The molecule has 1 fully saturated rings. The van der Waals surface area contributed by atoms with Gasteiger partial charge in [0.25, 0.3) is 0 Å². The fraction of sp³-hybridized carbons (Fsp3) is 0.353.